The molecule has 0 spiro atoms. The molecule has 1 aromatic carbocycles. The lowest BCUT2D eigenvalue weighted by Crippen LogP contribution is -2.26. The van der Waals surface area contributed by atoms with E-state index in [0.717, 1.165) is 18.7 Å². The summed E-state index contributed by atoms with van der Waals surface area (Å²) in [6, 6.07) is 12.0. The molecular weight excluding hydrogens is 278 g/mol. The van der Waals surface area contributed by atoms with Crippen molar-refractivity contribution in [3.63, 3.8) is 0 Å². The Morgan fingerprint density at radius 1 is 1.32 bits per heavy atom. The topological polar surface area (TPSA) is 21.3 Å². The van der Waals surface area contributed by atoms with Crippen LogP contribution in [0.15, 0.2) is 41.8 Å². The molecule has 19 heavy (non-hydrogen) atoms. The van der Waals surface area contributed by atoms with E-state index in [1.165, 1.54) is 4.88 Å². The smallest absolute Gasteiger partial charge is 0.120 e. The van der Waals surface area contributed by atoms with Gasteiger partial charge in [-0.2, -0.15) is 0 Å². The lowest BCUT2D eigenvalue weighted by atomic mass is 10.2. The zero-order chi connectivity index (χ0) is 13.5. The molecule has 0 aliphatic carbocycles. The van der Waals surface area contributed by atoms with Crippen LogP contribution < -0.4 is 10.1 Å². The van der Waals surface area contributed by atoms with Crippen molar-refractivity contribution in [3.8, 4) is 5.75 Å². The first-order valence-electron chi connectivity index (χ1n) is 6.44. The lowest BCUT2D eigenvalue weighted by molar-refractivity contribution is 0.268. The van der Waals surface area contributed by atoms with E-state index in [2.05, 4.69) is 29.8 Å². The van der Waals surface area contributed by atoms with Crippen molar-refractivity contribution in [2.45, 2.75) is 19.4 Å². The molecule has 0 saturated heterocycles. The van der Waals surface area contributed by atoms with Gasteiger partial charge in [-0.25, -0.2) is 0 Å². The minimum absolute atomic E-state index is 0.235. The summed E-state index contributed by atoms with van der Waals surface area (Å²) in [5, 5.41) is 6.30. The number of ether oxygens (including phenoxy) is 1. The van der Waals surface area contributed by atoms with Crippen LogP contribution in [0.25, 0.3) is 0 Å². The summed E-state index contributed by atoms with van der Waals surface area (Å²) in [5.74, 6) is 0.812. The van der Waals surface area contributed by atoms with Crippen LogP contribution in [-0.2, 0) is 0 Å². The maximum atomic E-state index is 5.95. The SMILES string of the molecule is CCCNC(COc1cccc(Cl)c1)c1cccs1. The molecule has 1 aromatic heterocycles. The number of thiophene rings is 1. The average Bonchev–Trinajstić information content (AvgIpc) is 2.93. The first kappa shape index (κ1) is 14.4. The van der Waals surface area contributed by atoms with Crippen LogP contribution in [0, 0.1) is 0 Å². The summed E-state index contributed by atoms with van der Waals surface area (Å²) >= 11 is 7.70. The van der Waals surface area contributed by atoms with Crippen LogP contribution in [0.2, 0.25) is 5.02 Å². The van der Waals surface area contributed by atoms with Gasteiger partial charge in [0.2, 0.25) is 0 Å². The summed E-state index contributed by atoms with van der Waals surface area (Å²) in [6.07, 6.45) is 1.11. The fourth-order valence-electron chi connectivity index (χ4n) is 1.79. The third kappa shape index (κ3) is 4.53. The van der Waals surface area contributed by atoms with E-state index in [0.29, 0.717) is 11.6 Å². The Balaban J connectivity index is 1.96. The van der Waals surface area contributed by atoms with Gasteiger partial charge in [0.1, 0.15) is 12.4 Å². The summed E-state index contributed by atoms with van der Waals surface area (Å²) in [4.78, 5) is 1.30. The van der Waals surface area contributed by atoms with Crippen LogP contribution in [0.5, 0.6) is 5.75 Å². The van der Waals surface area contributed by atoms with Crippen LogP contribution in [0.1, 0.15) is 24.3 Å². The van der Waals surface area contributed by atoms with Crippen molar-refractivity contribution in [3.05, 3.63) is 51.7 Å². The van der Waals surface area contributed by atoms with E-state index in [4.69, 9.17) is 16.3 Å². The number of hydrogen-bond acceptors (Lipinski definition) is 3. The third-order valence-electron chi connectivity index (χ3n) is 2.74. The van der Waals surface area contributed by atoms with Gasteiger partial charge in [0.25, 0.3) is 0 Å². The monoisotopic (exact) mass is 295 g/mol. The van der Waals surface area contributed by atoms with Gasteiger partial charge in [0.15, 0.2) is 0 Å². The second-order valence-corrected chi connectivity index (χ2v) is 5.71. The molecule has 1 N–H and O–H groups in total. The molecular formula is C15H18ClNOS. The average molecular weight is 296 g/mol. The highest BCUT2D eigenvalue weighted by Gasteiger charge is 2.12. The third-order valence-corrected chi connectivity index (χ3v) is 3.96. The first-order valence-corrected chi connectivity index (χ1v) is 7.70. The van der Waals surface area contributed by atoms with E-state index < -0.39 is 0 Å². The van der Waals surface area contributed by atoms with E-state index in [9.17, 15) is 0 Å². The van der Waals surface area contributed by atoms with Gasteiger partial charge in [-0.05, 0) is 42.6 Å². The Morgan fingerprint density at radius 3 is 2.89 bits per heavy atom. The van der Waals surface area contributed by atoms with Crippen LogP contribution in [0.3, 0.4) is 0 Å². The highest BCUT2D eigenvalue weighted by atomic mass is 35.5. The van der Waals surface area contributed by atoms with Crippen LogP contribution in [-0.4, -0.2) is 13.2 Å². The van der Waals surface area contributed by atoms with Gasteiger partial charge in [-0.1, -0.05) is 30.7 Å². The standard InChI is InChI=1S/C15H18ClNOS/c1-2-8-17-14(15-7-4-9-19-15)11-18-13-6-3-5-12(16)10-13/h3-7,9-10,14,17H,2,8,11H2,1H3. The minimum atomic E-state index is 0.235. The molecule has 0 amide bonds. The number of hydrogen-bond donors (Lipinski definition) is 1. The maximum Gasteiger partial charge on any atom is 0.120 e. The molecule has 0 fully saturated rings. The zero-order valence-corrected chi connectivity index (χ0v) is 12.5. The lowest BCUT2D eigenvalue weighted by Gasteiger charge is -2.18. The maximum absolute atomic E-state index is 5.95. The van der Waals surface area contributed by atoms with Crippen molar-refractivity contribution in [2.75, 3.05) is 13.2 Å². The predicted molar refractivity (Wildman–Crippen MR) is 82.3 cm³/mol. The predicted octanol–water partition coefficient (Wildman–Crippen LogP) is 4.52. The van der Waals surface area contributed by atoms with Crippen molar-refractivity contribution in [1.82, 2.24) is 5.32 Å². The number of nitrogens with one attached hydrogen (secondary N) is 1. The van der Waals surface area contributed by atoms with Gasteiger partial charge in [-0.15, -0.1) is 11.3 Å². The zero-order valence-electron chi connectivity index (χ0n) is 10.9. The first-order chi connectivity index (χ1) is 9.29. The van der Waals surface area contributed by atoms with Gasteiger partial charge in [-0.3, -0.25) is 0 Å². The molecule has 2 nitrogen and oxygen atoms in total. The Hall–Kier alpha value is -1.03. The molecule has 1 heterocycles. The number of benzene rings is 1. The van der Waals surface area contributed by atoms with E-state index in [-0.39, 0.29) is 6.04 Å². The van der Waals surface area contributed by atoms with Crippen molar-refractivity contribution in [1.29, 1.82) is 0 Å². The Labute approximate surface area is 123 Å². The van der Waals surface area contributed by atoms with Crippen LogP contribution in [0.4, 0.5) is 0 Å². The van der Waals surface area contributed by atoms with Crippen molar-refractivity contribution < 1.29 is 4.74 Å². The number of halogens is 1. The van der Waals surface area contributed by atoms with Gasteiger partial charge in [0.05, 0.1) is 6.04 Å². The highest BCUT2D eigenvalue weighted by molar-refractivity contribution is 7.10. The summed E-state index contributed by atoms with van der Waals surface area (Å²) in [7, 11) is 0. The molecule has 1 atom stereocenters. The van der Waals surface area contributed by atoms with E-state index in [1.54, 1.807) is 11.3 Å². The molecule has 0 saturated carbocycles. The molecule has 1 unspecified atom stereocenters. The van der Waals surface area contributed by atoms with Crippen LogP contribution >= 0.6 is 22.9 Å². The van der Waals surface area contributed by atoms with Gasteiger partial charge < -0.3 is 10.1 Å². The molecule has 2 aromatic rings. The van der Waals surface area contributed by atoms with Gasteiger partial charge in [0, 0.05) is 9.90 Å². The Morgan fingerprint density at radius 2 is 2.21 bits per heavy atom. The van der Waals surface area contributed by atoms with Gasteiger partial charge >= 0.3 is 0 Å². The molecule has 0 aliphatic heterocycles. The Bertz CT molecular complexity index is 487. The molecule has 102 valence electrons. The summed E-state index contributed by atoms with van der Waals surface area (Å²) < 4.78 is 5.83. The molecule has 2 rings (SSSR count). The highest BCUT2D eigenvalue weighted by Crippen LogP contribution is 2.22. The van der Waals surface area contributed by atoms with E-state index in [1.807, 2.05) is 24.3 Å². The largest absolute Gasteiger partial charge is 0.492 e. The second-order valence-electron chi connectivity index (χ2n) is 4.29. The molecule has 0 aliphatic rings. The summed E-state index contributed by atoms with van der Waals surface area (Å²) in [5.41, 5.74) is 0. The normalized spacial score (nSPS) is 12.3. The quantitative estimate of drug-likeness (QED) is 0.811. The molecule has 0 radical (unpaired) electrons. The number of rotatable bonds is 7. The molecule has 4 heteroatoms. The van der Waals surface area contributed by atoms with Crippen molar-refractivity contribution >= 4 is 22.9 Å². The van der Waals surface area contributed by atoms with E-state index >= 15 is 0 Å². The fourth-order valence-corrected chi connectivity index (χ4v) is 2.75. The van der Waals surface area contributed by atoms with Crippen molar-refractivity contribution in [2.24, 2.45) is 0 Å². The molecule has 0 bridgehead atoms. The fraction of sp³-hybridized carbons (Fsp3) is 0.333. The Kier molecular flexibility index (Phi) is 5.70. The summed E-state index contributed by atoms with van der Waals surface area (Å²) in [6.45, 7) is 3.76. The minimum Gasteiger partial charge on any atom is -0.492 e. The second kappa shape index (κ2) is 7.53.